The lowest BCUT2D eigenvalue weighted by Crippen LogP contribution is -2.37. The van der Waals surface area contributed by atoms with Crippen LogP contribution in [0.3, 0.4) is 0 Å². The van der Waals surface area contributed by atoms with E-state index in [2.05, 4.69) is 19.4 Å². The van der Waals surface area contributed by atoms with E-state index in [0.717, 1.165) is 25.6 Å². The number of carbonyl (C=O) groups excluding carboxylic acids is 1. The molecule has 1 aromatic rings. The monoisotopic (exact) mass is 975 g/mol. The van der Waals surface area contributed by atoms with Crippen molar-refractivity contribution >= 4 is 37.1 Å². The minimum atomic E-state index is -4.55. The average Bonchev–Trinajstić information content (AvgIpc) is 3.87. The predicted molar refractivity (Wildman–Crippen MR) is 217 cm³/mol. The van der Waals surface area contributed by atoms with Gasteiger partial charge in [0.15, 0.2) is 0 Å². The van der Waals surface area contributed by atoms with Gasteiger partial charge in [0.2, 0.25) is 0 Å². The maximum atomic E-state index is 12.7. The Kier molecular flexibility index (Phi) is 24.2. The van der Waals surface area contributed by atoms with Crippen LogP contribution < -0.4 is 0 Å². The molecule has 6 unspecified atom stereocenters. The number of carbonyl (C=O) groups is 1. The summed E-state index contributed by atoms with van der Waals surface area (Å²) in [6.07, 6.45) is 1.36. The highest BCUT2D eigenvalue weighted by molar-refractivity contribution is 7.48. The fourth-order valence-electron chi connectivity index (χ4n) is 6.80. The minimum Gasteiger partial charge on any atom is -0.376 e. The zero-order valence-corrected chi connectivity index (χ0v) is 39.7. The summed E-state index contributed by atoms with van der Waals surface area (Å²) in [5, 5.41) is 8.25. The first-order valence-corrected chi connectivity index (χ1v) is 26.5. The number of phosphoric ester groups is 4. The van der Waals surface area contributed by atoms with Crippen LogP contribution in [0.4, 0.5) is 0 Å². The van der Waals surface area contributed by atoms with Crippen LogP contribution in [0.5, 0.6) is 0 Å². The topological polar surface area (TPSA) is 308 Å². The van der Waals surface area contributed by atoms with Crippen molar-refractivity contribution in [3.63, 3.8) is 0 Å². The number of hydrogen-bond donors (Lipinski definition) is 4. The van der Waals surface area contributed by atoms with Gasteiger partial charge in [0.1, 0.15) is 42.4 Å². The molecule has 28 heteroatoms. The third-order valence-corrected chi connectivity index (χ3v) is 13.9. The van der Waals surface area contributed by atoms with Crippen molar-refractivity contribution < 1.29 is 97.8 Å². The van der Waals surface area contributed by atoms with E-state index in [1.165, 1.54) is 21.1 Å². The lowest BCUT2D eigenvalue weighted by molar-refractivity contribution is -0.119. The lowest BCUT2D eigenvalue weighted by atomic mass is 10.1. The summed E-state index contributed by atoms with van der Waals surface area (Å²) in [5.74, 6) is 0.139. The van der Waals surface area contributed by atoms with Crippen LogP contribution in [0.15, 0.2) is 6.20 Å². The van der Waals surface area contributed by atoms with Gasteiger partial charge in [-0.3, -0.25) is 45.7 Å². The molecule has 2 fully saturated rings. The predicted octanol–water partition coefficient (Wildman–Crippen LogP) is 4.82. The van der Waals surface area contributed by atoms with Gasteiger partial charge in [0.25, 0.3) is 0 Å². The summed E-state index contributed by atoms with van der Waals surface area (Å²) in [5.41, 5.74) is 0.718. The van der Waals surface area contributed by atoms with Gasteiger partial charge >= 0.3 is 31.3 Å². The van der Waals surface area contributed by atoms with Gasteiger partial charge < -0.3 is 38.5 Å². The SMILES string of the molecule is CCOP(=O)(O)OC[C@H]1O[C@@H](C)C(OC)[C@H]1OP(=O)(O)OCCCCCCCC(=O)CCCn1cc(CCCCOP(=O)(O)OC[C@H]2O[C@@H](C)C(OC)[C@H]2OP(=O)(O)OC)nn1. The van der Waals surface area contributed by atoms with Crippen LogP contribution in [-0.2, 0) is 91.2 Å². The molecule has 0 aromatic carbocycles. The first-order chi connectivity index (χ1) is 29.2. The standard InChI is InChI=1S/C34H65N3O21P4/c1-7-50-60(41,42)53-23-30-34(32(48-5)26(3)56-30)58-62(45,46)52-20-13-10-8-9-11-17-28(38)18-15-19-37-22-27(35-36-37)16-12-14-21-51-61(43,44)54-24-29-33(57-59(39,40)49-6)31(47-4)25(2)55-29/h22,25-26,29-34H,7-21,23-24H2,1-6H3,(H,39,40)(H,41,42)(H,43,44)(H,45,46)/t25-,26-,29+,30+,31?,32?,33-,34-/m0/s1. The Bertz CT molecular complexity index is 1680. The Morgan fingerprint density at radius 1 is 0.661 bits per heavy atom. The van der Waals surface area contributed by atoms with Crippen molar-refractivity contribution in [1.82, 2.24) is 15.0 Å². The fourth-order valence-corrected chi connectivity index (χ4v) is 9.94. The Morgan fingerprint density at radius 2 is 1.16 bits per heavy atom. The molecule has 2 aliphatic heterocycles. The van der Waals surface area contributed by atoms with E-state index in [1.54, 1.807) is 24.7 Å². The zero-order valence-electron chi connectivity index (χ0n) is 36.1. The van der Waals surface area contributed by atoms with Crippen molar-refractivity contribution in [1.29, 1.82) is 0 Å². The highest BCUT2D eigenvalue weighted by Crippen LogP contribution is 2.50. The maximum Gasteiger partial charge on any atom is 0.472 e. The molecule has 2 aliphatic rings. The molecule has 3 heterocycles. The van der Waals surface area contributed by atoms with Gasteiger partial charge in [0, 0.05) is 46.9 Å². The number of Topliss-reactive ketones (excluding diaryl/α,β-unsaturated/α-hetero) is 1. The number of aryl methyl sites for hydroxylation is 2. The smallest absolute Gasteiger partial charge is 0.376 e. The second kappa shape index (κ2) is 27.0. The highest BCUT2D eigenvalue weighted by atomic mass is 31.2. The summed E-state index contributed by atoms with van der Waals surface area (Å²) in [6, 6.07) is 0. The number of nitrogens with zero attached hydrogens (tertiary/aromatic N) is 3. The third kappa shape index (κ3) is 19.9. The number of rotatable bonds is 34. The molecular formula is C34H65N3O21P4. The van der Waals surface area contributed by atoms with Crippen LogP contribution >= 0.6 is 31.3 Å². The van der Waals surface area contributed by atoms with Crippen molar-refractivity contribution in [2.75, 3.05) is 54.4 Å². The second-order valence-corrected chi connectivity index (χ2v) is 20.4. The van der Waals surface area contributed by atoms with Gasteiger partial charge in [-0.25, -0.2) is 18.3 Å². The van der Waals surface area contributed by atoms with Crippen molar-refractivity contribution in [3.8, 4) is 0 Å². The number of methoxy groups -OCH3 is 2. The maximum absolute atomic E-state index is 12.7. The molecule has 0 amide bonds. The molecule has 24 nitrogen and oxygen atoms in total. The molecule has 12 atom stereocenters. The van der Waals surface area contributed by atoms with Gasteiger partial charge in [-0.2, -0.15) is 0 Å². The van der Waals surface area contributed by atoms with E-state index in [4.69, 9.17) is 46.1 Å². The quantitative estimate of drug-likeness (QED) is 0.0531. The Morgan fingerprint density at radius 3 is 1.73 bits per heavy atom. The Balaban J connectivity index is 1.22. The first kappa shape index (κ1) is 55.4. The van der Waals surface area contributed by atoms with Gasteiger partial charge in [0.05, 0.1) is 50.9 Å². The van der Waals surface area contributed by atoms with Crippen LogP contribution in [0, 0.1) is 0 Å². The molecule has 3 rings (SSSR count). The van der Waals surface area contributed by atoms with Gasteiger partial charge in [-0.1, -0.05) is 24.5 Å². The Hall–Kier alpha value is -0.910. The summed E-state index contributed by atoms with van der Waals surface area (Å²) in [7, 11) is -14.0. The fraction of sp³-hybridized carbons (Fsp3) is 0.912. The molecular weight excluding hydrogens is 910 g/mol. The van der Waals surface area contributed by atoms with Crippen LogP contribution in [-0.4, -0.2) is 144 Å². The molecule has 0 aliphatic carbocycles. The number of ketones is 1. The number of unbranched alkanes of at least 4 members (excludes halogenated alkanes) is 5. The van der Waals surface area contributed by atoms with E-state index >= 15 is 0 Å². The zero-order chi connectivity index (χ0) is 46.0. The normalized spacial score (nSPS) is 28.0. The van der Waals surface area contributed by atoms with Gasteiger partial charge in [-0.05, 0) is 59.3 Å². The van der Waals surface area contributed by atoms with E-state index in [9.17, 15) is 42.6 Å². The molecule has 1 aromatic heterocycles. The molecule has 0 radical (unpaired) electrons. The number of hydrogen-bond acceptors (Lipinski definition) is 19. The molecule has 4 N–H and O–H groups in total. The van der Waals surface area contributed by atoms with Crippen molar-refractivity contribution in [2.24, 2.45) is 0 Å². The van der Waals surface area contributed by atoms with Crippen LogP contribution in [0.25, 0.3) is 0 Å². The summed E-state index contributed by atoms with van der Waals surface area (Å²) >= 11 is 0. The lowest BCUT2D eigenvalue weighted by Gasteiger charge is -2.25. The van der Waals surface area contributed by atoms with E-state index < -0.39 is 93.3 Å². The van der Waals surface area contributed by atoms with Crippen molar-refractivity contribution in [2.45, 2.75) is 147 Å². The molecule has 0 saturated carbocycles. The van der Waals surface area contributed by atoms with E-state index in [1.807, 2.05) is 0 Å². The largest absolute Gasteiger partial charge is 0.472 e. The Labute approximate surface area is 362 Å². The minimum absolute atomic E-state index is 0.0482. The second-order valence-electron chi connectivity index (χ2n) is 14.6. The van der Waals surface area contributed by atoms with Crippen LogP contribution in [0.1, 0.15) is 90.7 Å². The van der Waals surface area contributed by atoms with Gasteiger partial charge in [-0.15, -0.1) is 5.10 Å². The van der Waals surface area contributed by atoms with Crippen molar-refractivity contribution in [3.05, 3.63) is 11.9 Å². The van der Waals surface area contributed by atoms with E-state index in [0.29, 0.717) is 64.3 Å². The van der Waals surface area contributed by atoms with Crippen LogP contribution in [0.2, 0.25) is 0 Å². The molecule has 62 heavy (non-hydrogen) atoms. The molecule has 0 bridgehead atoms. The number of ether oxygens (including phenoxy) is 4. The molecule has 362 valence electrons. The number of phosphoric acid groups is 4. The summed E-state index contributed by atoms with van der Waals surface area (Å²) < 4.78 is 113. The summed E-state index contributed by atoms with van der Waals surface area (Å²) in [6.45, 7) is 4.25. The summed E-state index contributed by atoms with van der Waals surface area (Å²) in [4.78, 5) is 52.4. The van der Waals surface area contributed by atoms with E-state index in [-0.39, 0.29) is 25.6 Å². The third-order valence-electron chi connectivity index (χ3n) is 9.83. The highest BCUT2D eigenvalue weighted by Gasteiger charge is 2.49. The average molecular weight is 976 g/mol. The first-order valence-electron chi connectivity index (χ1n) is 20.5. The number of aromatic nitrogens is 3. The molecule has 0 spiro atoms. The molecule has 2 saturated heterocycles.